The summed E-state index contributed by atoms with van der Waals surface area (Å²) in [7, 11) is 3.23. The number of rotatable bonds is 6. The molecule has 0 amide bonds. The van der Waals surface area contributed by atoms with Crippen molar-refractivity contribution in [1.29, 1.82) is 0 Å². The number of nitrogens with one attached hydrogen (secondary N) is 1. The second-order valence-corrected chi connectivity index (χ2v) is 9.49. The lowest BCUT2D eigenvalue weighted by molar-refractivity contribution is -0.917. The molecule has 7 heteroatoms. The number of quaternary nitrogens is 1. The van der Waals surface area contributed by atoms with Crippen molar-refractivity contribution in [3.8, 4) is 17.2 Å². The van der Waals surface area contributed by atoms with Crippen molar-refractivity contribution in [2.75, 3.05) is 38.8 Å². The van der Waals surface area contributed by atoms with E-state index in [1.54, 1.807) is 18.8 Å². The van der Waals surface area contributed by atoms with E-state index >= 15 is 0 Å². The first-order valence-electron chi connectivity index (χ1n) is 12.4. The fourth-order valence-corrected chi connectivity index (χ4v) is 5.22. The van der Waals surface area contributed by atoms with Crippen LogP contribution in [0.5, 0.6) is 11.5 Å². The fraction of sp³-hybridized carbons (Fsp3) is 0.310. The van der Waals surface area contributed by atoms with Gasteiger partial charge in [-0.1, -0.05) is 24.3 Å². The van der Waals surface area contributed by atoms with Crippen molar-refractivity contribution in [3.63, 3.8) is 0 Å². The van der Waals surface area contributed by atoms with Gasteiger partial charge in [-0.3, -0.25) is 9.36 Å². The molecule has 0 saturated carbocycles. The summed E-state index contributed by atoms with van der Waals surface area (Å²) in [6, 6.07) is 22.1. The molecule has 1 aliphatic rings. The number of ether oxygens (including phenoxy) is 2. The molecule has 0 spiro atoms. The Morgan fingerprint density at radius 2 is 1.86 bits per heavy atom. The number of nitrogens with zero attached hydrogens (tertiary/aromatic N) is 3. The lowest BCUT2D eigenvalue weighted by Gasteiger charge is -2.39. The van der Waals surface area contributed by atoms with Gasteiger partial charge < -0.3 is 19.3 Å². The highest BCUT2D eigenvalue weighted by molar-refractivity contribution is 5.78. The molecule has 3 aromatic carbocycles. The largest absolute Gasteiger partial charge is 0.497 e. The molecule has 5 rings (SSSR count). The monoisotopic (exact) mass is 485 g/mol. The third kappa shape index (κ3) is 4.54. The van der Waals surface area contributed by atoms with Crippen LogP contribution in [0.2, 0.25) is 0 Å². The summed E-state index contributed by atoms with van der Waals surface area (Å²) in [4.78, 5) is 22.7. The van der Waals surface area contributed by atoms with Gasteiger partial charge in [0.25, 0.3) is 5.56 Å². The Labute approximate surface area is 211 Å². The zero-order valence-electron chi connectivity index (χ0n) is 21.3. The molecule has 1 aliphatic heterocycles. The Balaban J connectivity index is 1.53. The second-order valence-electron chi connectivity index (χ2n) is 9.49. The van der Waals surface area contributed by atoms with Gasteiger partial charge in [0.1, 0.15) is 18.0 Å². The Morgan fingerprint density at radius 3 is 2.61 bits per heavy atom. The number of aryl methyl sites for hydroxylation is 1. The SMILES string of the molecule is COc1ccc(OC)c(-n2c(C[NH+]3CCN(c4cccc(C)c4)[C@@H](C)C3)nc3ccccc3c2=O)c1. The maximum absolute atomic E-state index is 13.8. The summed E-state index contributed by atoms with van der Waals surface area (Å²) in [6.45, 7) is 7.88. The van der Waals surface area contributed by atoms with Crippen molar-refractivity contribution >= 4 is 16.6 Å². The summed E-state index contributed by atoms with van der Waals surface area (Å²) in [5.41, 5.74) is 3.78. The van der Waals surface area contributed by atoms with Crippen molar-refractivity contribution in [3.05, 3.63) is 88.5 Å². The van der Waals surface area contributed by atoms with Crippen LogP contribution in [-0.2, 0) is 6.54 Å². The maximum Gasteiger partial charge on any atom is 0.266 e. The number of piperazine rings is 1. The minimum atomic E-state index is -0.104. The van der Waals surface area contributed by atoms with Crippen LogP contribution in [0.3, 0.4) is 0 Å². The minimum Gasteiger partial charge on any atom is -0.497 e. The van der Waals surface area contributed by atoms with Gasteiger partial charge in [-0.25, -0.2) is 4.98 Å². The van der Waals surface area contributed by atoms with Crippen LogP contribution < -0.4 is 24.8 Å². The Morgan fingerprint density at radius 1 is 1.03 bits per heavy atom. The van der Waals surface area contributed by atoms with Crippen LogP contribution in [0.25, 0.3) is 16.6 Å². The number of methoxy groups -OCH3 is 2. The number of aromatic nitrogens is 2. The standard InChI is InChI=1S/C29H32N4O3/c1-20-8-7-9-22(16-20)32-15-14-31(18-21(32)2)19-28-30-25-11-6-5-10-24(25)29(34)33(28)26-17-23(35-3)12-13-27(26)36-4/h5-13,16-17,21H,14-15,18-19H2,1-4H3/p+1/t21-/m0/s1. The minimum absolute atomic E-state index is 0.104. The highest BCUT2D eigenvalue weighted by atomic mass is 16.5. The summed E-state index contributed by atoms with van der Waals surface area (Å²) in [6.07, 6.45) is 0. The zero-order chi connectivity index (χ0) is 25.2. The first-order valence-corrected chi connectivity index (χ1v) is 12.4. The van der Waals surface area contributed by atoms with E-state index in [1.807, 2.05) is 42.5 Å². The van der Waals surface area contributed by atoms with E-state index in [9.17, 15) is 4.79 Å². The van der Waals surface area contributed by atoms with E-state index in [0.717, 1.165) is 25.5 Å². The molecule has 2 heterocycles. The summed E-state index contributed by atoms with van der Waals surface area (Å²) in [5, 5.41) is 0.582. The van der Waals surface area contributed by atoms with Gasteiger partial charge in [0, 0.05) is 11.8 Å². The molecule has 2 atom stereocenters. The molecule has 36 heavy (non-hydrogen) atoms. The van der Waals surface area contributed by atoms with Crippen molar-refractivity contribution in [2.45, 2.75) is 26.4 Å². The van der Waals surface area contributed by atoms with Crippen LogP contribution in [-0.4, -0.2) is 49.4 Å². The molecule has 0 radical (unpaired) electrons. The number of hydrogen-bond donors (Lipinski definition) is 1. The van der Waals surface area contributed by atoms with Crippen LogP contribution in [0.15, 0.2) is 71.5 Å². The van der Waals surface area contributed by atoms with Crippen molar-refractivity contribution < 1.29 is 14.4 Å². The number of hydrogen-bond acceptors (Lipinski definition) is 5. The number of anilines is 1. The number of para-hydroxylation sites is 1. The summed E-state index contributed by atoms with van der Waals surface area (Å²) in [5.74, 6) is 1.98. The third-order valence-electron chi connectivity index (χ3n) is 7.04. The molecule has 186 valence electrons. The van der Waals surface area contributed by atoms with E-state index < -0.39 is 0 Å². The molecule has 1 aromatic heterocycles. The number of benzene rings is 3. The van der Waals surface area contributed by atoms with E-state index in [2.05, 4.69) is 43.0 Å². The van der Waals surface area contributed by atoms with Crippen LogP contribution in [0.1, 0.15) is 18.3 Å². The first kappa shape index (κ1) is 23.9. The van der Waals surface area contributed by atoms with Crippen molar-refractivity contribution in [2.24, 2.45) is 0 Å². The molecule has 4 aromatic rings. The fourth-order valence-electron chi connectivity index (χ4n) is 5.22. The van der Waals surface area contributed by atoms with Gasteiger partial charge in [0.15, 0.2) is 5.82 Å². The van der Waals surface area contributed by atoms with Crippen LogP contribution in [0.4, 0.5) is 5.69 Å². The molecule has 1 unspecified atom stereocenters. The summed E-state index contributed by atoms with van der Waals surface area (Å²) >= 11 is 0. The second kappa shape index (κ2) is 10.0. The Bertz CT molecular complexity index is 1450. The Kier molecular flexibility index (Phi) is 6.65. The molecular formula is C29H33N4O3+. The highest BCUT2D eigenvalue weighted by Crippen LogP contribution is 2.28. The van der Waals surface area contributed by atoms with E-state index in [1.165, 1.54) is 16.2 Å². The van der Waals surface area contributed by atoms with E-state index in [4.69, 9.17) is 14.5 Å². The normalized spacial score (nSPS) is 17.8. The molecule has 1 N–H and O–H groups in total. The van der Waals surface area contributed by atoms with Gasteiger partial charge in [0.05, 0.1) is 56.5 Å². The molecule has 1 fully saturated rings. The Hall–Kier alpha value is -3.84. The lowest BCUT2D eigenvalue weighted by atomic mass is 10.1. The molecule has 1 saturated heterocycles. The van der Waals surface area contributed by atoms with Gasteiger partial charge in [-0.2, -0.15) is 0 Å². The van der Waals surface area contributed by atoms with Gasteiger partial charge in [-0.15, -0.1) is 0 Å². The highest BCUT2D eigenvalue weighted by Gasteiger charge is 2.29. The maximum atomic E-state index is 13.8. The molecule has 7 nitrogen and oxygen atoms in total. The molecule has 0 aliphatic carbocycles. The molecule has 0 bridgehead atoms. The average Bonchev–Trinajstić information content (AvgIpc) is 2.88. The molecular weight excluding hydrogens is 452 g/mol. The van der Waals surface area contributed by atoms with Gasteiger partial charge >= 0.3 is 0 Å². The predicted octanol–water partition coefficient (Wildman–Crippen LogP) is 3.00. The number of fused-ring (bicyclic) bond motifs is 1. The lowest BCUT2D eigenvalue weighted by Crippen LogP contribution is -3.14. The van der Waals surface area contributed by atoms with Gasteiger partial charge in [0.2, 0.25) is 0 Å². The zero-order valence-corrected chi connectivity index (χ0v) is 21.3. The third-order valence-corrected chi connectivity index (χ3v) is 7.04. The quantitative estimate of drug-likeness (QED) is 0.455. The van der Waals surface area contributed by atoms with Crippen LogP contribution >= 0.6 is 0 Å². The van der Waals surface area contributed by atoms with E-state index in [-0.39, 0.29) is 5.56 Å². The van der Waals surface area contributed by atoms with Gasteiger partial charge in [-0.05, 0) is 55.8 Å². The topological polar surface area (TPSA) is 61.0 Å². The first-order chi connectivity index (χ1) is 17.5. The average molecular weight is 486 g/mol. The predicted molar refractivity (Wildman–Crippen MR) is 143 cm³/mol. The van der Waals surface area contributed by atoms with E-state index in [0.29, 0.717) is 40.7 Å². The van der Waals surface area contributed by atoms with Crippen LogP contribution in [0, 0.1) is 6.92 Å². The summed E-state index contributed by atoms with van der Waals surface area (Å²) < 4.78 is 12.8. The smallest absolute Gasteiger partial charge is 0.266 e. The van der Waals surface area contributed by atoms with Crippen molar-refractivity contribution in [1.82, 2.24) is 9.55 Å².